The highest BCUT2D eigenvalue weighted by atomic mass is 31.2. The van der Waals surface area contributed by atoms with E-state index in [1.54, 1.807) is 0 Å². The van der Waals surface area contributed by atoms with Crippen molar-refractivity contribution in [3.8, 4) is 0 Å². The first-order chi connectivity index (χ1) is 33.5. The van der Waals surface area contributed by atoms with E-state index in [9.17, 15) is 19.0 Å². The monoisotopic (exact) mass is 981 g/mol. The van der Waals surface area contributed by atoms with E-state index in [2.05, 4.69) is 135 Å². The smallest absolute Gasteiger partial charge is 0.462 e. The Balaban J connectivity index is 4.02. The Morgan fingerprint density at radius 3 is 1.23 bits per heavy atom. The zero-order valence-electron chi connectivity index (χ0n) is 44.2. The molecule has 0 spiro atoms. The van der Waals surface area contributed by atoms with Crippen molar-refractivity contribution in [1.82, 2.24) is 0 Å². The van der Waals surface area contributed by atoms with Crippen LogP contribution in [0.5, 0.6) is 0 Å². The average molecular weight is 981 g/mol. The third-order valence-electron chi connectivity index (χ3n) is 10.8. The molecule has 2 atom stereocenters. The third kappa shape index (κ3) is 53.6. The van der Waals surface area contributed by atoms with Gasteiger partial charge in [0, 0.05) is 12.8 Å². The Kier molecular flexibility index (Phi) is 46.8. The van der Waals surface area contributed by atoms with Gasteiger partial charge in [-0.05, 0) is 89.9 Å². The molecule has 9 nitrogen and oxygen atoms in total. The molecule has 0 saturated heterocycles. The lowest BCUT2D eigenvalue weighted by Crippen LogP contribution is -2.37. The van der Waals surface area contributed by atoms with Gasteiger partial charge in [0.1, 0.15) is 19.8 Å². The molecule has 69 heavy (non-hydrogen) atoms. The van der Waals surface area contributed by atoms with Crippen LogP contribution < -0.4 is 0 Å². The number of quaternary nitrogens is 1. The zero-order valence-corrected chi connectivity index (χ0v) is 45.1. The van der Waals surface area contributed by atoms with E-state index >= 15 is 0 Å². The molecule has 392 valence electrons. The van der Waals surface area contributed by atoms with E-state index in [1.165, 1.54) is 32.1 Å². The van der Waals surface area contributed by atoms with Crippen molar-refractivity contribution < 1.29 is 42.1 Å². The summed E-state index contributed by atoms with van der Waals surface area (Å²) in [6.45, 7) is 4.20. The summed E-state index contributed by atoms with van der Waals surface area (Å²) in [7, 11) is 1.45. The van der Waals surface area contributed by atoms with Crippen LogP contribution >= 0.6 is 7.82 Å². The van der Waals surface area contributed by atoms with Crippen LogP contribution in [-0.2, 0) is 32.7 Å². The minimum Gasteiger partial charge on any atom is -0.462 e. The van der Waals surface area contributed by atoms with Crippen LogP contribution in [-0.4, -0.2) is 74.9 Å². The largest absolute Gasteiger partial charge is 0.472 e. The van der Waals surface area contributed by atoms with Crippen LogP contribution in [0.1, 0.15) is 187 Å². The summed E-state index contributed by atoms with van der Waals surface area (Å²) in [5, 5.41) is 0. The second-order valence-electron chi connectivity index (χ2n) is 18.5. The Morgan fingerprint density at radius 1 is 0.464 bits per heavy atom. The summed E-state index contributed by atoms with van der Waals surface area (Å²) < 4.78 is 34.2. The first-order valence-corrected chi connectivity index (χ1v) is 28.3. The van der Waals surface area contributed by atoms with Gasteiger partial charge in [-0.3, -0.25) is 18.6 Å². The summed E-state index contributed by atoms with van der Waals surface area (Å²) in [6, 6.07) is 0. The number of phosphoric ester groups is 1. The van der Waals surface area contributed by atoms with Gasteiger partial charge in [0.2, 0.25) is 0 Å². The number of rotatable bonds is 47. The molecule has 0 aliphatic rings. The summed E-state index contributed by atoms with van der Waals surface area (Å²) in [4.78, 5) is 35.2. The van der Waals surface area contributed by atoms with Crippen molar-refractivity contribution >= 4 is 19.8 Å². The number of hydrogen-bond donors (Lipinski definition) is 1. The van der Waals surface area contributed by atoms with Gasteiger partial charge in [-0.2, -0.15) is 0 Å². The van der Waals surface area contributed by atoms with Crippen molar-refractivity contribution in [2.75, 3.05) is 47.5 Å². The van der Waals surface area contributed by atoms with Gasteiger partial charge < -0.3 is 18.9 Å². The Hall–Kier alpha value is -3.59. The highest BCUT2D eigenvalue weighted by Crippen LogP contribution is 2.43. The van der Waals surface area contributed by atoms with Gasteiger partial charge >= 0.3 is 19.8 Å². The number of phosphoric acid groups is 1. The summed E-state index contributed by atoms with van der Waals surface area (Å²) in [6.07, 6.45) is 70.2. The maximum atomic E-state index is 12.7. The Labute approximate surface area is 422 Å². The van der Waals surface area contributed by atoms with Gasteiger partial charge in [0.05, 0.1) is 27.7 Å². The highest BCUT2D eigenvalue weighted by molar-refractivity contribution is 7.47. The molecule has 0 aromatic heterocycles. The van der Waals surface area contributed by atoms with E-state index in [1.807, 2.05) is 21.1 Å². The number of carbonyl (C=O) groups excluding carboxylic acids is 2. The minimum absolute atomic E-state index is 0.0249. The van der Waals surface area contributed by atoms with Crippen LogP contribution in [0.25, 0.3) is 0 Å². The summed E-state index contributed by atoms with van der Waals surface area (Å²) in [5.74, 6) is -0.827. The fraction of sp³-hybridized carbons (Fsp3) is 0.627. The van der Waals surface area contributed by atoms with Gasteiger partial charge in [-0.1, -0.05) is 206 Å². The lowest BCUT2D eigenvalue weighted by atomic mass is 10.1. The molecule has 2 unspecified atom stereocenters. The quantitative estimate of drug-likeness (QED) is 0.0211. The Bertz CT molecular complexity index is 1580. The van der Waals surface area contributed by atoms with E-state index in [0.717, 1.165) is 122 Å². The standard InChI is InChI=1S/C59H98NO8P/c1-6-8-10-12-14-15-16-17-18-19-20-21-22-23-24-25-26-27-28-29-30-31-32-33-34-35-36-37-38-39-40-41-42-43-44-45-46-48-50-52-59(62)68-57(55-65-58(61)51-49-47-13-11-9-7-2)56-67-69(63,64)66-54-53-60(3,4)5/h8,10,14-15,17-18,20-21,23-24,26-27,29-30,32-33,35-36,38-39,57H,6-7,9,11-13,16,19,22,25,28,31,34,37,40-56H2,1-5H3/p+1/b10-8-,15-14-,18-17-,21-20-,24-23-,27-26-,30-29-,33-32-,36-35-,39-38-. The Morgan fingerprint density at radius 2 is 0.826 bits per heavy atom. The van der Waals surface area contributed by atoms with Gasteiger partial charge in [0.15, 0.2) is 6.10 Å². The number of esters is 2. The number of allylic oxidation sites excluding steroid dienone is 20. The molecule has 0 rings (SSSR count). The maximum absolute atomic E-state index is 12.7. The van der Waals surface area contributed by atoms with Gasteiger partial charge in [0.25, 0.3) is 0 Å². The van der Waals surface area contributed by atoms with Crippen LogP contribution in [0.15, 0.2) is 122 Å². The number of ether oxygens (including phenoxy) is 2. The fourth-order valence-corrected chi connectivity index (χ4v) is 7.37. The number of nitrogens with zero attached hydrogens (tertiary/aromatic N) is 1. The number of likely N-dealkylation sites (N-methyl/N-ethyl adjacent to an activating group) is 1. The molecule has 1 N–H and O–H groups in total. The third-order valence-corrected chi connectivity index (χ3v) is 11.7. The molecule has 10 heteroatoms. The van der Waals surface area contributed by atoms with Crippen LogP contribution in [0, 0.1) is 0 Å². The summed E-state index contributed by atoms with van der Waals surface area (Å²) in [5.41, 5.74) is 0. The van der Waals surface area contributed by atoms with Gasteiger partial charge in [-0.15, -0.1) is 0 Å². The van der Waals surface area contributed by atoms with Crippen molar-refractivity contribution in [1.29, 1.82) is 0 Å². The maximum Gasteiger partial charge on any atom is 0.472 e. The highest BCUT2D eigenvalue weighted by Gasteiger charge is 2.27. The molecule has 0 heterocycles. The van der Waals surface area contributed by atoms with Crippen LogP contribution in [0.3, 0.4) is 0 Å². The molecule has 0 bridgehead atoms. The van der Waals surface area contributed by atoms with E-state index in [0.29, 0.717) is 17.4 Å². The summed E-state index contributed by atoms with van der Waals surface area (Å²) >= 11 is 0. The normalized spacial score (nSPS) is 14.3. The fourth-order valence-electron chi connectivity index (χ4n) is 6.63. The molecular formula is C59H99NO8P+. The number of hydrogen-bond acceptors (Lipinski definition) is 7. The first-order valence-electron chi connectivity index (χ1n) is 26.8. The van der Waals surface area contributed by atoms with Crippen molar-refractivity contribution in [2.24, 2.45) is 0 Å². The first kappa shape index (κ1) is 65.4. The zero-order chi connectivity index (χ0) is 50.6. The molecule has 0 aliphatic carbocycles. The molecule has 0 aliphatic heterocycles. The SMILES string of the molecule is CC/C=C\C/C=C\C/C=C\C/C=C\C/C=C\C/C=C\C/C=C\C/C=C\C/C=C\C/C=C\CCCCCCCCCCC(=O)OC(COC(=O)CCCCCCCC)COP(=O)(O)OCC[N+](C)(C)C. The molecule has 0 amide bonds. The second-order valence-corrected chi connectivity index (χ2v) is 20.0. The lowest BCUT2D eigenvalue weighted by molar-refractivity contribution is -0.870. The minimum atomic E-state index is -4.38. The van der Waals surface area contributed by atoms with E-state index < -0.39 is 26.5 Å². The number of carbonyl (C=O) groups is 2. The molecule has 0 radical (unpaired) electrons. The lowest BCUT2D eigenvalue weighted by Gasteiger charge is -2.24. The topological polar surface area (TPSA) is 108 Å². The second kappa shape index (κ2) is 49.4. The number of unbranched alkanes of at least 4 members (excludes halogenated alkanes) is 13. The molecule has 0 fully saturated rings. The molecule has 0 aromatic carbocycles. The van der Waals surface area contributed by atoms with Crippen molar-refractivity contribution in [3.05, 3.63) is 122 Å². The molecular weight excluding hydrogens is 882 g/mol. The van der Waals surface area contributed by atoms with Crippen molar-refractivity contribution in [3.63, 3.8) is 0 Å². The van der Waals surface area contributed by atoms with Crippen LogP contribution in [0.2, 0.25) is 0 Å². The van der Waals surface area contributed by atoms with Gasteiger partial charge in [-0.25, -0.2) is 4.57 Å². The van der Waals surface area contributed by atoms with Crippen molar-refractivity contribution in [2.45, 2.75) is 193 Å². The predicted octanol–water partition coefficient (Wildman–Crippen LogP) is 16.4. The molecule has 0 saturated carbocycles. The average Bonchev–Trinajstić information content (AvgIpc) is 3.31. The van der Waals surface area contributed by atoms with E-state index in [-0.39, 0.29) is 32.0 Å². The predicted molar refractivity (Wildman–Crippen MR) is 293 cm³/mol. The van der Waals surface area contributed by atoms with E-state index in [4.69, 9.17) is 18.5 Å². The molecule has 0 aromatic rings. The van der Waals surface area contributed by atoms with Crippen LogP contribution in [0.4, 0.5) is 0 Å².